The normalized spacial score (nSPS) is 28.9. The summed E-state index contributed by atoms with van der Waals surface area (Å²) in [5, 5.41) is 6.65. The fourth-order valence-corrected chi connectivity index (χ4v) is 3.76. The fourth-order valence-electron chi connectivity index (χ4n) is 3.76. The molecule has 2 rings (SSSR count). The molecule has 0 bridgehead atoms. The van der Waals surface area contributed by atoms with Gasteiger partial charge in [-0.1, -0.05) is 6.92 Å². The minimum absolute atomic E-state index is 0.249. The number of hydrogen-bond donors (Lipinski definition) is 2. The third-order valence-corrected chi connectivity index (χ3v) is 5.24. The molecule has 2 saturated heterocycles. The van der Waals surface area contributed by atoms with E-state index in [1.807, 2.05) is 6.92 Å². The van der Waals surface area contributed by atoms with E-state index in [9.17, 15) is 4.79 Å². The summed E-state index contributed by atoms with van der Waals surface area (Å²) in [7, 11) is 0. The highest BCUT2D eigenvalue weighted by Gasteiger charge is 2.27. The van der Waals surface area contributed by atoms with Gasteiger partial charge in [0.1, 0.15) is 0 Å². The minimum atomic E-state index is 0.249. The number of piperidine rings is 1. The molecule has 2 aliphatic rings. The van der Waals surface area contributed by atoms with Crippen molar-refractivity contribution in [1.29, 1.82) is 0 Å². The molecular formula is C18H35N3O2. The van der Waals surface area contributed by atoms with Crippen LogP contribution in [0.4, 0.5) is 0 Å². The van der Waals surface area contributed by atoms with Gasteiger partial charge in [0.15, 0.2) is 0 Å². The van der Waals surface area contributed by atoms with Crippen LogP contribution in [0.1, 0.15) is 46.0 Å². The predicted molar refractivity (Wildman–Crippen MR) is 93.5 cm³/mol. The molecule has 23 heavy (non-hydrogen) atoms. The van der Waals surface area contributed by atoms with E-state index in [4.69, 9.17) is 4.74 Å². The summed E-state index contributed by atoms with van der Waals surface area (Å²) in [6.45, 7) is 11.5. The van der Waals surface area contributed by atoms with Crippen LogP contribution >= 0.6 is 0 Å². The summed E-state index contributed by atoms with van der Waals surface area (Å²) >= 11 is 0. The quantitative estimate of drug-likeness (QED) is 0.633. The minimum Gasteiger partial charge on any atom is -0.382 e. The van der Waals surface area contributed by atoms with Crippen LogP contribution in [0.15, 0.2) is 0 Å². The van der Waals surface area contributed by atoms with E-state index in [2.05, 4.69) is 22.5 Å². The van der Waals surface area contributed by atoms with Crippen molar-refractivity contribution in [3.8, 4) is 0 Å². The molecule has 5 heteroatoms. The highest BCUT2D eigenvalue weighted by Crippen LogP contribution is 2.18. The molecule has 0 aliphatic carbocycles. The second-order valence-corrected chi connectivity index (χ2v) is 7.19. The number of rotatable bonds is 9. The molecule has 3 unspecified atom stereocenters. The first kappa shape index (κ1) is 18.7. The number of carbonyl (C=O) groups is 1. The monoisotopic (exact) mass is 325 g/mol. The van der Waals surface area contributed by atoms with E-state index in [1.54, 1.807) is 0 Å². The molecule has 5 nitrogen and oxygen atoms in total. The van der Waals surface area contributed by atoms with Crippen LogP contribution in [-0.2, 0) is 9.53 Å². The van der Waals surface area contributed by atoms with Crippen molar-refractivity contribution in [3.63, 3.8) is 0 Å². The van der Waals surface area contributed by atoms with Crippen LogP contribution in [0, 0.1) is 11.8 Å². The first-order valence-electron chi connectivity index (χ1n) is 9.49. The zero-order valence-corrected chi connectivity index (χ0v) is 15.0. The van der Waals surface area contributed by atoms with Gasteiger partial charge in [-0.15, -0.1) is 0 Å². The summed E-state index contributed by atoms with van der Waals surface area (Å²) in [5.74, 6) is 1.48. The molecule has 0 aromatic rings. The largest absolute Gasteiger partial charge is 0.382 e. The number of amides is 1. The molecule has 1 amide bonds. The van der Waals surface area contributed by atoms with Gasteiger partial charge in [-0.3, -0.25) is 4.79 Å². The highest BCUT2D eigenvalue weighted by atomic mass is 16.5. The predicted octanol–water partition coefficient (Wildman–Crippen LogP) is 1.63. The summed E-state index contributed by atoms with van der Waals surface area (Å²) in [6.07, 6.45) is 5.13. The van der Waals surface area contributed by atoms with Gasteiger partial charge >= 0.3 is 0 Å². The molecular weight excluding hydrogens is 290 g/mol. The maximum atomic E-state index is 12.2. The standard InChI is InChI=1S/C18H35N3O2/c1-3-23-12-4-10-21-11-8-17(15(2)14-21)20-18(22)6-5-16-7-9-19-13-16/h15-17,19H,3-14H2,1-2H3,(H,20,22). The molecule has 0 spiro atoms. The topological polar surface area (TPSA) is 53.6 Å². The fraction of sp³-hybridized carbons (Fsp3) is 0.944. The summed E-state index contributed by atoms with van der Waals surface area (Å²) < 4.78 is 5.41. The van der Waals surface area contributed by atoms with Gasteiger partial charge in [0.05, 0.1) is 0 Å². The molecule has 3 atom stereocenters. The van der Waals surface area contributed by atoms with E-state index in [0.717, 1.165) is 65.2 Å². The van der Waals surface area contributed by atoms with Gasteiger partial charge in [-0.05, 0) is 57.5 Å². The van der Waals surface area contributed by atoms with Crippen LogP contribution < -0.4 is 10.6 Å². The number of nitrogens with one attached hydrogen (secondary N) is 2. The van der Waals surface area contributed by atoms with Crippen LogP contribution in [0.5, 0.6) is 0 Å². The number of ether oxygens (including phenoxy) is 1. The van der Waals surface area contributed by atoms with Gasteiger partial charge in [-0.2, -0.15) is 0 Å². The van der Waals surface area contributed by atoms with Crippen LogP contribution in [0.25, 0.3) is 0 Å². The lowest BCUT2D eigenvalue weighted by atomic mass is 9.93. The molecule has 0 aromatic heterocycles. The van der Waals surface area contributed by atoms with Gasteiger partial charge < -0.3 is 20.3 Å². The Kier molecular flexibility index (Phi) is 8.34. The van der Waals surface area contributed by atoms with Crippen molar-refractivity contribution >= 4 is 5.91 Å². The zero-order chi connectivity index (χ0) is 16.5. The lowest BCUT2D eigenvalue weighted by Gasteiger charge is -2.37. The van der Waals surface area contributed by atoms with Gasteiger partial charge in [0, 0.05) is 45.3 Å². The van der Waals surface area contributed by atoms with Crippen LogP contribution in [0.3, 0.4) is 0 Å². The second-order valence-electron chi connectivity index (χ2n) is 7.19. The van der Waals surface area contributed by atoms with Crippen molar-refractivity contribution in [2.45, 2.75) is 52.0 Å². The van der Waals surface area contributed by atoms with Crippen LogP contribution in [0.2, 0.25) is 0 Å². The van der Waals surface area contributed by atoms with Gasteiger partial charge in [0.2, 0.25) is 5.91 Å². The summed E-state index contributed by atoms with van der Waals surface area (Å²) in [6, 6.07) is 0.354. The average molecular weight is 325 g/mol. The van der Waals surface area contributed by atoms with Crippen molar-refractivity contribution in [2.75, 3.05) is 45.9 Å². The Bertz CT molecular complexity index is 345. The maximum absolute atomic E-state index is 12.2. The molecule has 0 saturated carbocycles. The third kappa shape index (κ3) is 6.77. The first-order valence-corrected chi connectivity index (χ1v) is 9.49. The van der Waals surface area contributed by atoms with Crippen molar-refractivity contribution in [1.82, 2.24) is 15.5 Å². The molecule has 0 radical (unpaired) electrons. The molecule has 2 aliphatic heterocycles. The number of carbonyl (C=O) groups excluding carboxylic acids is 1. The van der Waals surface area contributed by atoms with E-state index >= 15 is 0 Å². The molecule has 2 fully saturated rings. The van der Waals surface area contributed by atoms with E-state index in [-0.39, 0.29) is 5.91 Å². The Balaban J connectivity index is 1.60. The Morgan fingerprint density at radius 1 is 1.39 bits per heavy atom. The Labute approximate surface area is 141 Å². The Hall–Kier alpha value is -0.650. The zero-order valence-electron chi connectivity index (χ0n) is 15.0. The van der Waals surface area contributed by atoms with E-state index < -0.39 is 0 Å². The first-order chi connectivity index (χ1) is 11.2. The summed E-state index contributed by atoms with van der Waals surface area (Å²) in [4.78, 5) is 14.7. The van der Waals surface area contributed by atoms with Crippen molar-refractivity contribution in [2.24, 2.45) is 11.8 Å². The van der Waals surface area contributed by atoms with Gasteiger partial charge in [0.25, 0.3) is 0 Å². The van der Waals surface area contributed by atoms with Crippen LogP contribution in [-0.4, -0.2) is 62.8 Å². The lowest BCUT2D eigenvalue weighted by molar-refractivity contribution is -0.122. The molecule has 2 heterocycles. The molecule has 134 valence electrons. The highest BCUT2D eigenvalue weighted by molar-refractivity contribution is 5.76. The maximum Gasteiger partial charge on any atom is 0.220 e. The Morgan fingerprint density at radius 3 is 2.96 bits per heavy atom. The van der Waals surface area contributed by atoms with E-state index in [1.165, 1.54) is 6.42 Å². The summed E-state index contributed by atoms with van der Waals surface area (Å²) in [5.41, 5.74) is 0. The number of likely N-dealkylation sites (tertiary alicyclic amines) is 1. The molecule has 2 N–H and O–H groups in total. The number of nitrogens with zero attached hydrogens (tertiary/aromatic N) is 1. The second kappa shape index (κ2) is 10.3. The lowest BCUT2D eigenvalue weighted by Crippen LogP contribution is -2.50. The number of hydrogen-bond acceptors (Lipinski definition) is 4. The third-order valence-electron chi connectivity index (χ3n) is 5.24. The van der Waals surface area contributed by atoms with E-state index in [0.29, 0.717) is 24.3 Å². The van der Waals surface area contributed by atoms with Crippen molar-refractivity contribution < 1.29 is 9.53 Å². The molecule has 0 aromatic carbocycles. The Morgan fingerprint density at radius 2 is 2.26 bits per heavy atom. The SMILES string of the molecule is CCOCCCN1CCC(NC(=O)CCC2CCNC2)C(C)C1. The van der Waals surface area contributed by atoms with Gasteiger partial charge in [-0.25, -0.2) is 0 Å². The smallest absolute Gasteiger partial charge is 0.220 e. The average Bonchev–Trinajstić information content (AvgIpc) is 3.05. The van der Waals surface area contributed by atoms with Crippen molar-refractivity contribution in [3.05, 3.63) is 0 Å².